The molecule has 0 amide bonds. The standard InChI is InChI=1S/C23H29N5.HI/c1-24-23(25-14-11-22-26-20-9-5-6-10-21(20)27-22)28-15-12-19(13-16-28)17-18-7-3-2-4-8-18;/h2-10,19H,11-17H2,1H3,(H,24,25)(H,26,27);1H. The minimum absolute atomic E-state index is 0. The molecule has 6 heteroatoms. The number of fused-ring (bicyclic) bond motifs is 1. The SMILES string of the molecule is CN=C(NCCc1nc2ccccc2[nH]1)N1CCC(Cc2ccccc2)CC1.I. The zero-order valence-electron chi connectivity index (χ0n) is 17.0. The number of benzene rings is 2. The zero-order chi connectivity index (χ0) is 19.2. The van der Waals surface area contributed by atoms with E-state index < -0.39 is 0 Å². The molecule has 4 rings (SSSR count). The first-order chi connectivity index (χ1) is 13.8. The largest absolute Gasteiger partial charge is 0.356 e. The van der Waals surface area contributed by atoms with Gasteiger partial charge in [-0.1, -0.05) is 42.5 Å². The minimum Gasteiger partial charge on any atom is -0.356 e. The maximum Gasteiger partial charge on any atom is 0.193 e. The van der Waals surface area contributed by atoms with Gasteiger partial charge in [0, 0.05) is 33.1 Å². The van der Waals surface area contributed by atoms with Gasteiger partial charge in [0.25, 0.3) is 0 Å². The van der Waals surface area contributed by atoms with E-state index in [1.807, 2.05) is 25.2 Å². The van der Waals surface area contributed by atoms with Crippen molar-refractivity contribution in [2.24, 2.45) is 10.9 Å². The van der Waals surface area contributed by atoms with E-state index in [-0.39, 0.29) is 24.0 Å². The summed E-state index contributed by atoms with van der Waals surface area (Å²) in [5.74, 6) is 2.80. The van der Waals surface area contributed by atoms with Crippen molar-refractivity contribution in [3.63, 3.8) is 0 Å². The van der Waals surface area contributed by atoms with Gasteiger partial charge < -0.3 is 15.2 Å². The Bertz CT molecular complexity index is 880. The van der Waals surface area contributed by atoms with Gasteiger partial charge in [-0.25, -0.2) is 4.98 Å². The molecule has 1 fully saturated rings. The van der Waals surface area contributed by atoms with Crippen LogP contribution in [0.2, 0.25) is 0 Å². The van der Waals surface area contributed by atoms with Crippen LogP contribution in [0.4, 0.5) is 0 Å². The number of aliphatic imine (C=N–C) groups is 1. The Hall–Kier alpha value is -2.09. The van der Waals surface area contributed by atoms with Gasteiger partial charge in [-0.05, 0) is 42.9 Å². The normalized spacial score (nSPS) is 15.3. The highest BCUT2D eigenvalue weighted by atomic mass is 127. The Kier molecular flexibility index (Phi) is 7.91. The molecule has 29 heavy (non-hydrogen) atoms. The number of rotatable bonds is 5. The van der Waals surface area contributed by atoms with Gasteiger partial charge in [0.05, 0.1) is 11.0 Å². The molecule has 154 valence electrons. The highest BCUT2D eigenvalue weighted by Crippen LogP contribution is 2.21. The van der Waals surface area contributed by atoms with Crippen molar-refractivity contribution in [1.29, 1.82) is 0 Å². The van der Waals surface area contributed by atoms with E-state index in [2.05, 4.69) is 61.6 Å². The van der Waals surface area contributed by atoms with Crippen LogP contribution in [0, 0.1) is 5.92 Å². The third kappa shape index (κ3) is 5.72. The highest BCUT2D eigenvalue weighted by molar-refractivity contribution is 14.0. The van der Waals surface area contributed by atoms with E-state index in [9.17, 15) is 0 Å². The molecule has 1 aliphatic rings. The number of nitrogens with one attached hydrogen (secondary N) is 2. The van der Waals surface area contributed by atoms with E-state index in [0.717, 1.165) is 54.8 Å². The maximum atomic E-state index is 4.65. The first-order valence-corrected chi connectivity index (χ1v) is 10.2. The van der Waals surface area contributed by atoms with Crippen molar-refractivity contribution in [2.45, 2.75) is 25.7 Å². The summed E-state index contributed by atoms with van der Waals surface area (Å²) in [5.41, 5.74) is 3.58. The van der Waals surface area contributed by atoms with Gasteiger partial charge in [0.15, 0.2) is 5.96 Å². The number of H-pyrrole nitrogens is 1. The second-order valence-electron chi connectivity index (χ2n) is 7.54. The Morgan fingerprint density at radius 2 is 1.83 bits per heavy atom. The topological polar surface area (TPSA) is 56.3 Å². The summed E-state index contributed by atoms with van der Waals surface area (Å²) >= 11 is 0. The van der Waals surface area contributed by atoms with Crippen molar-refractivity contribution >= 4 is 41.0 Å². The van der Waals surface area contributed by atoms with E-state index in [4.69, 9.17) is 0 Å². The van der Waals surface area contributed by atoms with Gasteiger partial charge in [-0.3, -0.25) is 4.99 Å². The number of piperidine rings is 1. The number of halogens is 1. The average molecular weight is 503 g/mol. The highest BCUT2D eigenvalue weighted by Gasteiger charge is 2.21. The lowest BCUT2D eigenvalue weighted by molar-refractivity contribution is 0.259. The third-order valence-corrected chi connectivity index (χ3v) is 5.58. The molecular formula is C23H30IN5. The summed E-state index contributed by atoms with van der Waals surface area (Å²) in [6.45, 7) is 2.97. The molecule has 2 N–H and O–H groups in total. The number of hydrogen-bond acceptors (Lipinski definition) is 2. The van der Waals surface area contributed by atoms with Crippen LogP contribution in [0.1, 0.15) is 24.2 Å². The molecule has 1 aliphatic heterocycles. The number of likely N-dealkylation sites (tertiary alicyclic amines) is 1. The van der Waals surface area contributed by atoms with E-state index in [0.29, 0.717) is 0 Å². The summed E-state index contributed by atoms with van der Waals surface area (Å²) in [5, 5.41) is 3.51. The summed E-state index contributed by atoms with van der Waals surface area (Å²) in [4.78, 5) is 14.9. The lowest BCUT2D eigenvalue weighted by Gasteiger charge is -2.34. The Balaban J connectivity index is 0.00000240. The fourth-order valence-electron chi connectivity index (χ4n) is 4.05. The quantitative estimate of drug-likeness (QED) is 0.311. The van der Waals surface area contributed by atoms with Crippen LogP contribution in [0.5, 0.6) is 0 Å². The summed E-state index contributed by atoms with van der Waals surface area (Å²) in [6, 6.07) is 19.0. The van der Waals surface area contributed by atoms with Gasteiger partial charge in [-0.15, -0.1) is 24.0 Å². The second kappa shape index (κ2) is 10.6. The smallest absolute Gasteiger partial charge is 0.193 e. The van der Waals surface area contributed by atoms with Crippen LogP contribution in [-0.2, 0) is 12.8 Å². The molecule has 2 heterocycles. The van der Waals surface area contributed by atoms with Crippen LogP contribution in [0.3, 0.4) is 0 Å². The molecule has 0 radical (unpaired) electrons. The lowest BCUT2D eigenvalue weighted by atomic mass is 9.90. The predicted octanol–water partition coefficient (Wildman–Crippen LogP) is 4.25. The van der Waals surface area contributed by atoms with Gasteiger partial charge in [0.2, 0.25) is 0 Å². The van der Waals surface area contributed by atoms with Gasteiger partial charge >= 0.3 is 0 Å². The van der Waals surface area contributed by atoms with Crippen molar-refractivity contribution < 1.29 is 0 Å². The molecule has 5 nitrogen and oxygen atoms in total. The number of aromatic amines is 1. The van der Waals surface area contributed by atoms with Crippen LogP contribution in [0.15, 0.2) is 59.6 Å². The average Bonchev–Trinajstić information content (AvgIpc) is 3.16. The number of aromatic nitrogens is 2. The number of para-hydroxylation sites is 2. The molecule has 3 aromatic rings. The fraction of sp³-hybridized carbons (Fsp3) is 0.391. The molecule has 0 unspecified atom stereocenters. The minimum atomic E-state index is 0. The maximum absolute atomic E-state index is 4.65. The summed E-state index contributed by atoms with van der Waals surface area (Å²) in [6.07, 6.45) is 4.49. The molecular weight excluding hydrogens is 473 g/mol. The van der Waals surface area contributed by atoms with E-state index >= 15 is 0 Å². The molecule has 1 saturated heterocycles. The van der Waals surface area contributed by atoms with Gasteiger partial charge in [0.1, 0.15) is 5.82 Å². The summed E-state index contributed by atoms with van der Waals surface area (Å²) < 4.78 is 0. The van der Waals surface area contributed by atoms with Crippen LogP contribution in [0.25, 0.3) is 11.0 Å². The molecule has 2 aromatic carbocycles. The van der Waals surface area contributed by atoms with Gasteiger partial charge in [-0.2, -0.15) is 0 Å². The first kappa shape index (κ1) is 21.6. The fourth-order valence-corrected chi connectivity index (χ4v) is 4.05. The van der Waals surface area contributed by atoms with Crippen molar-refractivity contribution in [2.75, 3.05) is 26.7 Å². The van der Waals surface area contributed by atoms with Crippen molar-refractivity contribution in [3.8, 4) is 0 Å². The number of imidazole rings is 1. The van der Waals surface area contributed by atoms with E-state index in [1.165, 1.54) is 24.8 Å². The van der Waals surface area contributed by atoms with Crippen molar-refractivity contribution in [1.82, 2.24) is 20.2 Å². The monoisotopic (exact) mass is 503 g/mol. The second-order valence-corrected chi connectivity index (χ2v) is 7.54. The lowest BCUT2D eigenvalue weighted by Crippen LogP contribution is -2.46. The predicted molar refractivity (Wildman–Crippen MR) is 131 cm³/mol. The number of guanidine groups is 1. The van der Waals surface area contributed by atoms with Crippen LogP contribution >= 0.6 is 24.0 Å². The zero-order valence-corrected chi connectivity index (χ0v) is 19.3. The number of hydrogen-bond donors (Lipinski definition) is 2. The first-order valence-electron chi connectivity index (χ1n) is 10.2. The Labute approximate surface area is 190 Å². The molecule has 0 spiro atoms. The number of nitrogens with zero attached hydrogens (tertiary/aromatic N) is 3. The van der Waals surface area contributed by atoms with Crippen LogP contribution < -0.4 is 5.32 Å². The van der Waals surface area contributed by atoms with Crippen molar-refractivity contribution in [3.05, 3.63) is 66.0 Å². The Morgan fingerprint density at radius 3 is 2.55 bits per heavy atom. The summed E-state index contributed by atoms with van der Waals surface area (Å²) in [7, 11) is 1.87. The molecule has 1 aromatic heterocycles. The molecule has 0 bridgehead atoms. The molecule has 0 aliphatic carbocycles. The van der Waals surface area contributed by atoms with E-state index in [1.54, 1.807) is 0 Å². The van der Waals surface area contributed by atoms with Crippen LogP contribution in [-0.4, -0.2) is 47.5 Å². The third-order valence-electron chi connectivity index (χ3n) is 5.58. The Morgan fingerprint density at radius 1 is 1.10 bits per heavy atom. The molecule has 0 atom stereocenters. The molecule has 0 saturated carbocycles.